The molecular formula is C19H30ClN3O2S. The van der Waals surface area contributed by atoms with Crippen LogP contribution in [0.25, 0.3) is 0 Å². The number of hydrogen-bond donors (Lipinski definition) is 3. The number of hydrogen-bond acceptors (Lipinski definition) is 4. The van der Waals surface area contributed by atoms with Gasteiger partial charge in [0.2, 0.25) is 11.8 Å². The minimum absolute atomic E-state index is 0. The van der Waals surface area contributed by atoms with Gasteiger partial charge in [-0.3, -0.25) is 9.59 Å². The van der Waals surface area contributed by atoms with Gasteiger partial charge in [0.25, 0.3) is 0 Å². The highest BCUT2D eigenvalue weighted by Crippen LogP contribution is 2.09. The average Bonchev–Trinajstić information content (AvgIpc) is 2.64. The molecular weight excluding hydrogens is 370 g/mol. The Bertz CT molecular complexity index is 539. The van der Waals surface area contributed by atoms with Crippen molar-refractivity contribution in [3.63, 3.8) is 0 Å². The van der Waals surface area contributed by atoms with Gasteiger partial charge in [-0.05, 0) is 55.8 Å². The lowest BCUT2D eigenvalue weighted by Crippen LogP contribution is -2.49. The van der Waals surface area contributed by atoms with Crippen molar-refractivity contribution in [2.24, 2.45) is 5.92 Å². The number of amides is 2. The first-order valence-electron chi connectivity index (χ1n) is 8.99. The maximum atomic E-state index is 12.5. The van der Waals surface area contributed by atoms with Crippen LogP contribution < -0.4 is 16.0 Å². The number of rotatable bonds is 9. The summed E-state index contributed by atoms with van der Waals surface area (Å²) >= 11 is 1.68. The maximum absolute atomic E-state index is 12.5. The minimum Gasteiger partial charge on any atom is -0.354 e. The molecule has 2 unspecified atom stereocenters. The molecule has 0 bridgehead atoms. The van der Waals surface area contributed by atoms with E-state index in [0.717, 1.165) is 37.2 Å². The Kier molecular flexibility index (Phi) is 11.4. The molecule has 0 spiro atoms. The van der Waals surface area contributed by atoms with Gasteiger partial charge >= 0.3 is 0 Å². The van der Waals surface area contributed by atoms with Gasteiger partial charge in [0.15, 0.2) is 0 Å². The number of nitrogens with one attached hydrogen (secondary N) is 3. The predicted molar refractivity (Wildman–Crippen MR) is 111 cm³/mol. The van der Waals surface area contributed by atoms with Gasteiger partial charge in [0.1, 0.15) is 6.04 Å². The van der Waals surface area contributed by atoms with Crippen LogP contribution in [0.2, 0.25) is 0 Å². The number of piperidine rings is 1. The lowest BCUT2D eigenvalue weighted by molar-refractivity contribution is -0.128. The molecule has 7 heteroatoms. The number of carbonyl (C=O) groups is 2. The minimum atomic E-state index is -0.458. The Labute approximate surface area is 166 Å². The van der Waals surface area contributed by atoms with Crippen molar-refractivity contribution < 1.29 is 9.59 Å². The third-order valence-corrected chi connectivity index (χ3v) is 5.08. The monoisotopic (exact) mass is 399 g/mol. The average molecular weight is 400 g/mol. The Hall–Kier alpha value is -1.24. The van der Waals surface area contributed by atoms with Crippen molar-refractivity contribution in [3.05, 3.63) is 35.9 Å². The Morgan fingerprint density at radius 1 is 1.31 bits per heavy atom. The zero-order chi connectivity index (χ0) is 17.9. The van der Waals surface area contributed by atoms with Crippen LogP contribution in [0.15, 0.2) is 30.3 Å². The second-order valence-electron chi connectivity index (χ2n) is 6.52. The van der Waals surface area contributed by atoms with Gasteiger partial charge in [-0.2, -0.15) is 11.8 Å². The molecule has 3 N–H and O–H groups in total. The number of carbonyl (C=O) groups excluding carboxylic acids is 2. The summed E-state index contributed by atoms with van der Waals surface area (Å²) in [6, 6.07) is 9.15. The largest absolute Gasteiger partial charge is 0.354 e. The summed E-state index contributed by atoms with van der Waals surface area (Å²) in [5.41, 5.74) is 0.956. The van der Waals surface area contributed by atoms with Crippen molar-refractivity contribution in [2.45, 2.75) is 31.7 Å². The third-order valence-electron chi connectivity index (χ3n) is 4.43. The van der Waals surface area contributed by atoms with E-state index in [4.69, 9.17) is 0 Å². The van der Waals surface area contributed by atoms with E-state index >= 15 is 0 Å². The highest BCUT2D eigenvalue weighted by atomic mass is 35.5. The van der Waals surface area contributed by atoms with Crippen LogP contribution in [0.5, 0.6) is 0 Å². The van der Waals surface area contributed by atoms with Gasteiger partial charge in [0.05, 0.1) is 6.42 Å². The summed E-state index contributed by atoms with van der Waals surface area (Å²) in [5.74, 6) is 1.15. The summed E-state index contributed by atoms with van der Waals surface area (Å²) in [4.78, 5) is 24.8. The Balaban J connectivity index is 0.00000338. The third kappa shape index (κ3) is 8.43. The van der Waals surface area contributed by atoms with Crippen molar-refractivity contribution >= 4 is 36.0 Å². The quantitative estimate of drug-likeness (QED) is 0.594. The van der Waals surface area contributed by atoms with Crippen LogP contribution in [-0.2, 0) is 16.0 Å². The van der Waals surface area contributed by atoms with Gasteiger partial charge in [0, 0.05) is 6.54 Å². The predicted octanol–water partition coefficient (Wildman–Crippen LogP) is 2.00. The molecule has 1 aromatic carbocycles. The first kappa shape index (κ1) is 22.8. The van der Waals surface area contributed by atoms with Gasteiger partial charge in [-0.15, -0.1) is 12.4 Å². The molecule has 2 rings (SSSR count). The van der Waals surface area contributed by atoms with E-state index < -0.39 is 6.04 Å². The molecule has 1 aromatic rings. The molecule has 0 aliphatic carbocycles. The molecule has 0 saturated carbocycles. The van der Waals surface area contributed by atoms with Gasteiger partial charge < -0.3 is 16.0 Å². The first-order chi connectivity index (χ1) is 12.2. The van der Waals surface area contributed by atoms with E-state index in [-0.39, 0.29) is 24.2 Å². The van der Waals surface area contributed by atoms with Gasteiger partial charge in [-0.25, -0.2) is 0 Å². The summed E-state index contributed by atoms with van der Waals surface area (Å²) in [7, 11) is 0. The highest BCUT2D eigenvalue weighted by Gasteiger charge is 2.22. The standard InChI is InChI=1S/C19H29N3O2S.ClH/c1-25-11-9-17(19(24)21-14-16-8-5-10-20-13-16)22-18(23)12-15-6-3-2-4-7-15;/h2-4,6-7,16-17,20H,5,8-14H2,1H3,(H,21,24)(H,22,23);1H. The lowest BCUT2D eigenvalue weighted by atomic mass is 9.99. The van der Waals surface area contributed by atoms with E-state index in [0.29, 0.717) is 25.3 Å². The van der Waals surface area contributed by atoms with Crippen LogP contribution in [0.3, 0.4) is 0 Å². The smallest absolute Gasteiger partial charge is 0.242 e. The summed E-state index contributed by atoms with van der Waals surface area (Å²) < 4.78 is 0. The van der Waals surface area contributed by atoms with E-state index in [9.17, 15) is 9.59 Å². The molecule has 1 saturated heterocycles. The topological polar surface area (TPSA) is 70.2 Å². The fourth-order valence-electron chi connectivity index (χ4n) is 3.00. The van der Waals surface area contributed by atoms with Crippen molar-refractivity contribution in [1.82, 2.24) is 16.0 Å². The lowest BCUT2D eigenvalue weighted by Gasteiger charge is -2.24. The molecule has 146 valence electrons. The second-order valence-corrected chi connectivity index (χ2v) is 7.51. The van der Waals surface area contributed by atoms with Crippen molar-refractivity contribution in [2.75, 3.05) is 31.6 Å². The summed E-state index contributed by atoms with van der Waals surface area (Å²) in [5, 5.41) is 9.29. The summed E-state index contributed by atoms with van der Waals surface area (Å²) in [6.45, 7) is 2.70. The molecule has 0 aromatic heterocycles. The SMILES string of the molecule is CSCCC(NC(=O)Cc1ccccc1)C(=O)NCC1CCCNC1.Cl. The van der Waals surface area contributed by atoms with Crippen LogP contribution in [0.4, 0.5) is 0 Å². The van der Waals surface area contributed by atoms with Crippen LogP contribution >= 0.6 is 24.2 Å². The molecule has 2 amide bonds. The fraction of sp³-hybridized carbons (Fsp3) is 0.579. The zero-order valence-corrected chi connectivity index (χ0v) is 17.0. The van der Waals surface area contributed by atoms with Crippen LogP contribution in [-0.4, -0.2) is 49.5 Å². The van der Waals surface area contributed by atoms with Crippen molar-refractivity contribution in [3.8, 4) is 0 Å². The molecule has 5 nitrogen and oxygen atoms in total. The van der Waals surface area contributed by atoms with E-state index in [1.165, 1.54) is 0 Å². The fourth-order valence-corrected chi connectivity index (χ4v) is 3.47. The van der Waals surface area contributed by atoms with E-state index in [1.54, 1.807) is 11.8 Å². The molecule has 0 radical (unpaired) electrons. The summed E-state index contributed by atoms with van der Waals surface area (Å²) in [6.07, 6.45) is 5.26. The van der Waals surface area contributed by atoms with Crippen LogP contribution in [0.1, 0.15) is 24.8 Å². The molecule has 1 heterocycles. The first-order valence-corrected chi connectivity index (χ1v) is 10.4. The van der Waals surface area contributed by atoms with E-state index in [2.05, 4.69) is 16.0 Å². The zero-order valence-electron chi connectivity index (χ0n) is 15.3. The van der Waals surface area contributed by atoms with E-state index in [1.807, 2.05) is 36.6 Å². The maximum Gasteiger partial charge on any atom is 0.242 e. The highest BCUT2D eigenvalue weighted by molar-refractivity contribution is 7.98. The number of thioether (sulfide) groups is 1. The van der Waals surface area contributed by atoms with Gasteiger partial charge in [-0.1, -0.05) is 30.3 Å². The molecule has 26 heavy (non-hydrogen) atoms. The van der Waals surface area contributed by atoms with Crippen LogP contribution in [0, 0.1) is 5.92 Å². The molecule has 1 aliphatic heterocycles. The number of benzene rings is 1. The normalized spacial score (nSPS) is 17.7. The number of halogens is 1. The Morgan fingerprint density at radius 2 is 2.08 bits per heavy atom. The molecule has 1 fully saturated rings. The molecule has 2 atom stereocenters. The molecule has 1 aliphatic rings. The second kappa shape index (κ2) is 13.0. The van der Waals surface area contributed by atoms with Crippen molar-refractivity contribution in [1.29, 1.82) is 0 Å². The Morgan fingerprint density at radius 3 is 2.73 bits per heavy atom.